The molecule has 2 fully saturated rings. The number of rotatable bonds is 6. The van der Waals surface area contributed by atoms with E-state index in [0.717, 1.165) is 69.4 Å². The highest BCUT2D eigenvalue weighted by Crippen LogP contribution is 2.28. The molecule has 1 atom stereocenters. The zero-order valence-electron chi connectivity index (χ0n) is 15.9. The highest BCUT2D eigenvalue weighted by molar-refractivity contribution is 5.77. The number of piperidine rings is 1. The number of morpholine rings is 1. The molecule has 0 aliphatic carbocycles. The number of aromatic nitrogens is 2. The predicted molar refractivity (Wildman–Crippen MR) is 99.5 cm³/mol. The molecule has 0 N–H and O–H groups in total. The predicted octanol–water partition coefficient (Wildman–Crippen LogP) is 1.75. The van der Waals surface area contributed by atoms with E-state index in [0.29, 0.717) is 13.2 Å². The number of amides is 1. The molecule has 0 aromatic carbocycles. The van der Waals surface area contributed by atoms with Crippen LogP contribution in [0.3, 0.4) is 0 Å². The second-order valence-electron chi connectivity index (χ2n) is 7.03. The molecule has 2 saturated heterocycles. The lowest BCUT2D eigenvalue weighted by Gasteiger charge is -2.33. The standard InChI is InChI=1S/C19H30N4O3/c1-3-9-26-14-19(24)23-6-4-5-16(13-23)17-12-18(21-15(2)20-17)22-7-10-25-11-8-22/h12,16H,3-11,13-14H2,1-2H3/t16-/m1/s1. The van der Waals surface area contributed by atoms with Crippen LogP contribution in [0.25, 0.3) is 0 Å². The van der Waals surface area contributed by atoms with Gasteiger partial charge >= 0.3 is 0 Å². The Morgan fingerprint density at radius 3 is 2.88 bits per heavy atom. The second-order valence-corrected chi connectivity index (χ2v) is 7.03. The first-order valence-corrected chi connectivity index (χ1v) is 9.71. The van der Waals surface area contributed by atoms with Crippen LogP contribution in [0.4, 0.5) is 5.82 Å². The molecule has 0 radical (unpaired) electrons. The average molecular weight is 362 g/mol. The fourth-order valence-corrected chi connectivity index (χ4v) is 3.58. The van der Waals surface area contributed by atoms with Crippen LogP contribution in [0, 0.1) is 6.92 Å². The fraction of sp³-hybridized carbons (Fsp3) is 0.737. The molecule has 26 heavy (non-hydrogen) atoms. The monoisotopic (exact) mass is 362 g/mol. The molecule has 0 saturated carbocycles. The summed E-state index contributed by atoms with van der Waals surface area (Å²) in [6, 6.07) is 2.10. The number of hydrogen-bond donors (Lipinski definition) is 0. The molecule has 0 bridgehead atoms. The molecule has 3 rings (SSSR count). The van der Waals surface area contributed by atoms with Crippen molar-refractivity contribution in [3.63, 3.8) is 0 Å². The molecule has 3 heterocycles. The molecule has 1 amide bonds. The van der Waals surface area contributed by atoms with Crippen LogP contribution in [0.15, 0.2) is 6.07 Å². The quantitative estimate of drug-likeness (QED) is 0.718. The van der Waals surface area contributed by atoms with Gasteiger partial charge in [-0.3, -0.25) is 4.79 Å². The number of anilines is 1. The fourth-order valence-electron chi connectivity index (χ4n) is 3.58. The minimum absolute atomic E-state index is 0.0855. The molecule has 2 aliphatic rings. The van der Waals surface area contributed by atoms with E-state index in [-0.39, 0.29) is 18.4 Å². The van der Waals surface area contributed by atoms with Crippen LogP contribution in [0.1, 0.15) is 43.6 Å². The van der Waals surface area contributed by atoms with Gasteiger partial charge in [0.05, 0.1) is 18.9 Å². The van der Waals surface area contributed by atoms with Crippen molar-refractivity contribution in [3.05, 3.63) is 17.6 Å². The summed E-state index contributed by atoms with van der Waals surface area (Å²) in [7, 11) is 0. The number of carbonyl (C=O) groups is 1. The van der Waals surface area contributed by atoms with Gasteiger partial charge in [-0.15, -0.1) is 0 Å². The Morgan fingerprint density at radius 2 is 2.12 bits per heavy atom. The van der Waals surface area contributed by atoms with Crippen molar-refractivity contribution in [1.29, 1.82) is 0 Å². The molecule has 0 spiro atoms. The highest BCUT2D eigenvalue weighted by Gasteiger charge is 2.27. The normalized spacial score (nSPS) is 21.1. The van der Waals surface area contributed by atoms with Crippen molar-refractivity contribution >= 4 is 11.7 Å². The van der Waals surface area contributed by atoms with E-state index < -0.39 is 0 Å². The Balaban J connectivity index is 1.67. The molecule has 2 aliphatic heterocycles. The van der Waals surface area contributed by atoms with Gasteiger partial charge < -0.3 is 19.3 Å². The van der Waals surface area contributed by atoms with Gasteiger partial charge in [0.1, 0.15) is 18.2 Å². The molecule has 0 unspecified atom stereocenters. The topological polar surface area (TPSA) is 67.8 Å². The minimum Gasteiger partial charge on any atom is -0.378 e. The summed E-state index contributed by atoms with van der Waals surface area (Å²) in [5, 5.41) is 0. The number of aryl methyl sites for hydroxylation is 1. The van der Waals surface area contributed by atoms with Gasteiger partial charge in [0.2, 0.25) is 5.91 Å². The summed E-state index contributed by atoms with van der Waals surface area (Å²) >= 11 is 0. The van der Waals surface area contributed by atoms with E-state index in [1.807, 2.05) is 18.7 Å². The third kappa shape index (κ3) is 4.92. The molecule has 7 heteroatoms. The van der Waals surface area contributed by atoms with Crippen molar-refractivity contribution in [2.45, 2.75) is 39.0 Å². The zero-order valence-corrected chi connectivity index (χ0v) is 15.9. The van der Waals surface area contributed by atoms with Crippen molar-refractivity contribution in [1.82, 2.24) is 14.9 Å². The molecular formula is C19H30N4O3. The van der Waals surface area contributed by atoms with E-state index >= 15 is 0 Å². The van der Waals surface area contributed by atoms with Crippen molar-refractivity contribution in [2.24, 2.45) is 0 Å². The zero-order chi connectivity index (χ0) is 18.4. The first-order chi connectivity index (χ1) is 12.7. The van der Waals surface area contributed by atoms with Gasteiger partial charge in [-0.1, -0.05) is 6.92 Å². The van der Waals surface area contributed by atoms with Crippen molar-refractivity contribution < 1.29 is 14.3 Å². The Hall–Kier alpha value is -1.73. The van der Waals surface area contributed by atoms with Gasteiger partial charge in [-0.05, 0) is 26.2 Å². The average Bonchev–Trinajstić information content (AvgIpc) is 2.68. The van der Waals surface area contributed by atoms with E-state index in [1.54, 1.807) is 0 Å². The summed E-state index contributed by atoms with van der Waals surface area (Å²) in [5.74, 6) is 2.12. The number of likely N-dealkylation sites (tertiary alicyclic amines) is 1. The van der Waals surface area contributed by atoms with Crippen molar-refractivity contribution in [3.8, 4) is 0 Å². The van der Waals surface area contributed by atoms with E-state index in [9.17, 15) is 4.79 Å². The first-order valence-electron chi connectivity index (χ1n) is 9.71. The third-order valence-electron chi connectivity index (χ3n) is 4.95. The maximum Gasteiger partial charge on any atom is 0.248 e. The summed E-state index contributed by atoms with van der Waals surface area (Å²) in [5.41, 5.74) is 1.05. The van der Waals surface area contributed by atoms with Gasteiger partial charge in [0.15, 0.2) is 0 Å². The van der Waals surface area contributed by atoms with Gasteiger partial charge in [-0.2, -0.15) is 0 Å². The maximum atomic E-state index is 12.4. The molecular weight excluding hydrogens is 332 g/mol. The lowest BCUT2D eigenvalue weighted by molar-refractivity contribution is -0.137. The lowest BCUT2D eigenvalue weighted by Crippen LogP contribution is -2.41. The smallest absolute Gasteiger partial charge is 0.248 e. The Kier molecular flexibility index (Phi) is 6.80. The van der Waals surface area contributed by atoms with Crippen LogP contribution < -0.4 is 4.90 Å². The van der Waals surface area contributed by atoms with Crippen LogP contribution in [0.5, 0.6) is 0 Å². The molecule has 7 nitrogen and oxygen atoms in total. The first kappa shape index (κ1) is 19.0. The Labute approximate surface area is 155 Å². The van der Waals surface area contributed by atoms with Gasteiger partial charge in [0.25, 0.3) is 0 Å². The van der Waals surface area contributed by atoms with E-state index in [4.69, 9.17) is 9.47 Å². The summed E-state index contributed by atoms with van der Waals surface area (Å²) in [6.07, 6.45) is 2.99. The SMILES string of the molecule is CCCOCC(=O)N1CCC[C@@H](c2cc(N3CCOCC3)nc(C)n2)C1. The van der Waals surface area contributed by atoms with Crippen LogP contribution in [-0.4, -0.2) is 73.4 Å². The minimum atomic E-state index is 0.0855. The van der Waals surface area contributed by atoms with E-state index in [2.05, 4.69) is 20.9 Å². The third-order valence-corrected chi connectivity index (χ3v) is 4.95. The molecule has 144 valence electrons. The van der Waals surface area contributed by atoms with Crippen LogP contribution in [-0.2, 0) is 14.3 Å². The van der Waals surface area contributed by atoms with Crippen molar-refractivity contribution in [2.75, 3.05) is 57.5 Å². The van der Waals surface area contributed by atoms with Crippen LogP contribution in [0.2, 0.25) is 0 Å². The van der Waals surface area contributed by atoms with Crippen LogP contribution >= 0.6 is 0 Å². The second kappa shape index (κ2) is 9.28. The molecule has 1 aromatic heterocycles. The lowest BCUT2D eigenvalue weighted by atomic mass is 9.94. The summed E-state index contributed by atoms with van der Waals surface area (Å²) < 4.78 is 10.9. The summed E-state index contributed by atoms with van der Waals surface area (Å²) in [4.78, 5) is 25.9. The largest absolute Gasteiger partial charge is 0.378 e. The Morgan fingerprint density at radius 1 is 1.31 bits per heavy atom. The van der Waals surface area contributed by atoms with E-state index in [1.165, 1.54) is 0 Å². The summed E-state index contributed by atoms with van der Waals surface area (Å²) in [6.45, 7) is 9.53. The number of ether oxygens (including phenoxy) is 2. The van der Waals surface area contributed by atoms with Gasteiger partial charge in [0, 0.05) is 44.8 Å². The number of hydrogen-bond acceptors (Lipinski definition) is 6. The number of carbonyl (C=O) groups excluding carboxylic acids is 1. The maximum absolute atomic E-state index is 12.4. The number of nitrogens with zero attached hydrogens (tertiary/aromatic N) is 4. The van der Waals surface area contributed by atoms with Gasteiger partial charge in [-0.25, -0.2) is 9.97 Å². The highest BCUT2D eigenvalue weighted by atomic mass is 16.5. The molecule has 1 aromatic rings. The Bertz CT molecular complexity index is 604.